The number of nitrogens with zero attached hydrogens (tertiary/aromatic N) is 1. The lowest BCUT2D eigenvalue weighted by molar-refractivity contribution is 0.401. The van der Waals surface area contributed by atoms with E-state index in [1.54, 1.807) is 20.3 Å². The lowest BCUT2D eigenvalue weighted by Gasteiger charge is -2.17. The van der Waals surface area contributed by atoms with Gasteiger partial charge in [-0.1, -0.05) is 6.92 Å². The molecule has 2 rings (SSSR count). The largest absolute Gasteiger partial charge is 0.497 e. The number of aromatic nitrogens is 1. The summed E-state index contributed by atoms with van der Waals surface area (Å²) >= 11 is 0. The van der Waals surface area contributed by atoms with Gasteiger partial charge in [0.2, 0.25) is 0 Å². The summed E-state index contributed by atoms with van der Waals surface area (Å²) in [7, 11) is 3.25. The van der Waals surface area contributed by atoms with E-state index in [0.29, 0.717) is 6.54 Å². The molecule has 5 heteroatoms. The molecule has 0 saturated heterocycles. The van der Waals surface area contributed by atoms with Gasteiger partial charge >= 0.3 is 0 Å². The number of pyridine rings is 1. The van der Waals surface area contributed by atoms with Gasteiger partial charge in [-0.15, -0.1) is 0 Å². The van der Waals surface area contributed by atoms with Crippen LogP contribution in [0.3, 0.4) is 0 Å². The number of benzene rings is 1. The number of rotatable bonds is 6. The molecule has 1 N–H and O–H groups in total. The van der Waals surface area contributed by atoms with Crippen LogP contribution in [0.2, 0.25) is 0 Å². The van der Waals surface area contributed by atoms with Crippen molar-refractivity contribution >= 4 is 0 Å². The zero-order valence-electron chi connectivity index (χ0n) is 13.5. The van der Waals surface area contributed by atoms with E-state index >= 15 is 0 Å². The molecule has 0 aliphatic carbocycles. The third-order valence-corrected chi connectivity index (χ3v) is 3.53. The minimum Gasteiger partial charge on any atom is -0.497 e. The number of hydrogen-bond donors (Lipinski definition) is 1. The first-order chi connectivity index (χ1) is 10.6. The molecule has 1 aromatic carbocycles. The first-order valence-corrected chi connectivity index (χ1v) is 7.26. The molecule has 1 heterocycles. The molecule has 0 aliphatic rings. The Balaban J connectivity index is 2.58. The molecule has 5 nitrogen and oxygen atoms in total. The van der Waals surface area contributed by atoms with E-state index in [1.807, 2.05) is 42.8 Å². The van der Waals surface area contributed by atoms with Gasteiger partial charge < -0.3 is 19.4 Å². The molecule has 0 bridgehead atoms. The van der Waals surface area contributed by atoms with Crippen molar-refractivity contribution in [1.29, 1.82) is 0 Å². The molecule has 1 aromatic heterocycles. The minimum atomic E-state index is 0.0385. The van der Waals surface area contributed by atoms with Gasteiger partial charge in [-0.3, -0.25) is 4.79 Å². The van der Waals surface area contributed by atoms with Crippen molar-refractivity contribution in [2.24, 2.45) is 0 Å². The number of hydrogen-bond acceptors (Lipinski definition) is 4. The summed E-state index contributed by atoms with van der Waals surface area (Å²) in [6.07, 6.45) is 1.86. The van der Waals surface area contributed by atoms with Gasteiger partial charge in [0.15, 0.2) is 5.43 Å². The molecule has 0 fully saturated rings. The predicted molar refractivity (Wildman–Crippen MR) is 87.3 cm³/mol. The van der Waals surface area contributed by atoms with Crippen LogP contribution in [0, 0.1) is 6.92 Å². The highest BCUT2D eigenvalue weighted by molar-refractivity contribution is 5.52. The van der Waals surface area contributed by atoms with E-state index in [9.17, 15) is 4.79 Å². The molecule has 0 atom stereocenters. The van der Waals surface area contributed by atoms with E-state index in [2.05, 4.69) is 5.32 Å². The summed E-state index contributed by atoms with van der Waals surface area (Å²) in [6, 6.07) is 7.24. The van der Waals surface area contributed by atoms with Crippen LogP contribution in [-0.4, -0.2) is 25.3 Å². The average molecular weight is 302 g/mol. The smallest absolute Gasteiger partial charge is 0.186 e. The second kappa shape index (κ2) is 7.13. The van der Waals surface area contributed by atoms with E-state index < -0.39 is 0 Å². The Bertz CT molecular complexity index is 708. The van der Waals surface area contributed by atoms with Crippen molar-refractivity contribution in [2.45, 2.75) is 20.4 Å². The maximum atomic E-state index is 12.1. The van der Waals surface area contributed by atoms with Gasteiger partial charge in [-0.05, 0) is 25.6 Å². The molecule has 118 valence electrons. The third kappa shape index (κ3) is 3.31. The van der Waals surface area contributed by atoms with Crippen LogP contribution in [0.15, 0.2) is 35.3 Å². The lowest BCUT2D eigenvalue weighted by Crippen LogP contribution is -2.21. The SMILES string of the molecule is CCNCc1cn(-c2cc(OC)ccc2OC)c(C)cc1=O. The third-order valence-electron chi connectivity index (χ3n) is 3.53. The van der Waals surface area contributed by atoms with Crippen molar-refractivity contribution in [1.82, 2.24) is 9.88 Å². The van der Waals surface area contributed by atoms with Gasteiger partial charge in [0.05, 0.1) is 19.9 Å². The van der Waals surface area contributed by atoms with Crippen molar-refractivity contribution in [3.8, 4) is 17.2 Å². The van der Waals surface area contributed by atoms with Crippen LogP contribution in [0.4, 0.5) is 0 Å². The normalized spacial score (nSPS) is 10.5. The fourth-order valence-electron chi connectivity index (χ4n) is 2.31. The lowest BCUT2D eigenvalue weighted by atomic mass is 10.2. The van der Waals surface area contributed by atoms with Crippen molar-refractivity contribution in [3.05, 3.63) is 51.9 Å². The van der Waals surface area contributed by atoms with Gasteiger partial charge in [-0.25, -0.2) is 0 Å². The number of aryl methyl sites for hydroxylation is 1. The quantitative estimate of drug-likeness (QED) is 0.889. The summed E-state index contributed by atoms with van der Waals surface area (Å²) in [5.41, 5.74) is 2.45. The van der Waals surface area contributed by atoms with Crippen LogP contribution < -0.4 is 20.2 Å². The number of ether oxygens (including phenoxy) is 2. The van der Waals surface area contributed by atoms with Crippen molar-refractivity contribution in [2.75, 3.05) is 20.8 Å². The van der Waals surface area contributed by atoms with E-state index in [4.69, 9.17) is 9.47 Å². The van der Waals surface area contributed by atoms with Gasteiger partial charge in [0.1, 0.15) is 11.5 Å². The Kier molecular flexibility index (Phi) is 5.22. The number of nitrogens with one attached hydrogen (secondary N) is 1. The van der Waals surface area contributed by atoms with Crippen LogP contribution in [0.1, 0.15) is 18.2 Å². The zero-order chi connectivity index (χ0) is 16.1. The highest BCUT2D eigenvalue weighted by Crippen LogP contribution is 2.28. The summed E-state index contributed by atoms with van der Waals surface area (Å²) in [6.45, 7) is 5.27. The van der Waals surface area contributed by atoms with E-state index in [1.165, 1.54) is 0 Å². The van der Waals surface area contributed by atoms with Crippen LogP contribution in [0.25, 0.3) is 5.69 Å². The van der Waals surface area contributed by atoms with Gasteiger partial charge in [-0.2, -0.15) is 0 Å². The molecule has 0 amide bonds. The molecule has 0 unspecified atom stereocenters. The second-order valence-electron chi connectivity index (χ2n) is 4.99. The van der Waals surface area contributed by atoms with E-state index in [0.717, 1.165) is 35.0 Å². The van der Waals surface area contributed by atoms with Gasteiger partial charge in [0, 0.05) is 36.1 Å². The first kappa shape index (κ1) is 16.1. The standard InChI is InChI=1S/C17H22N2O3/c1-5-18-10-13-11-19(12(2)8-16(13)20)15-9-14(21-3)6-7-17(15)22-4/h6-9,11,18H,5,10H2,1-4H3. The minimum absolute atomic E-state index is 0.0385. The Labute approximate surface area is 130 Å². The molecular formula is C17H22N2O3. The fraction of sp³-hybridized carbons (Fsp3) is 0.353. The molecule has 0 aliphatic heterocycles. The Morgan fingerprint density at radius 1 is 1.18 bits per heavy atom. The van der Waals surface area contributed by atoms with Gasteiger partial charge in [0.25, 0.3) is 0 Å². The number of methoxy groups -OCH3 is 2. The first-order valence-electron chi connectivity index (χ1n) is 7.26. The predicted octanol–water partition coefficient (Wildman–Crippen LogP) is 2.27. The topological polar surface area (TPSA) is 52.5 Å². The Morgan fingerprint density at radius 3 is 2.59 bits per heavy atom. The van der Waals surface area contributed by atoms with Crippen LogP contribution >= 0.6 is 0 Å². The second-order valence-corrected chi connectivity index (χ2v) is 4.99. The fourth-order valence-corrected chi connectivity index (χ4v) is 2.31. The monoisotopic (exact) mass is 302 g/mol. The molecule has 0 saturated carbocycles. The average Bonchev–Trinajstić information content (AvgIpc) is 2.53. The van der Waals surface area contributed by atoms with E-state index in [-0.39, 0.29) is 5.43 Å². The van der Waals surface area contributed by atoms with Crippen LogP contribution in [-0.2, 0) is 6.54 Å². The Hall–Kier alpha value is -2.27. The van der Waals surface area contributed by atoms with Crippen molar-refractivity contribution < 1.29 is 9.47 Å². The molecular weight excluding hydrogens is 280 g/mol. The molecule has 0 radical (unpaired) electrons. The van der Waals surface area contributed by atoms with Crippen LogP contribution in [0.5, 0.6) is 11.5 Å². The Morgan fingerprint density at radius 2 is 1.95 bits per heavy atom. The molecule has 22 heavy (non-hydrogen) atoms. The highest BCUT2D eigenvalue weighted by atomic mass is 16.5. The summed E-state index contributed by atoms with van der Waals surface area (Å²) in [5.74, 6) is 1.46. The zero-order valence-corrected chi connectivity index (χ0v) is 13.5. The van der Waals surface area contributed by atoms with Crippen molar-refractivity contribution in [3.63, 3.8) is 0 Å². The maximum absolute atomic E-state index is 12.1. The molecule has 2 aromatic rings. The summed E-state index contributed by atoms with van der Waals surface area (Å²) < 4.78 is 12.7. The highest BCUT2D eigenvalue weighted by Gasteiger charge is 2.11. The summed E-state index contributed by atoms with van der Waals surface area (Å²) in [4.78, 5) is 12.1. The molecule has 0 spiro atoms. The maximum Gasteiger partial charge on any atom is 0.186 e. The summed E-state index contributed by atoms with van der Waals surface area (Å²) in [5, 5.41) is 3.19.